The fourth-order valence-corrected chi connectivity index (χ4v) is 5.17. The van der Waals surface area contributed by atoms with Gasteiger partial charge in [-0.15, -0.1) is 0 Å². The van der Waals surface area contributed by atoms with Crippen LogP contribution in [-0.2, 0) is 9.53 Å². The predicted molar refractivity (Wildman–Crippen MR) is 145 cm³/mol. The van der Waals surface area contributed by atoms with Crippen LogP contribution in [0, 0.1) is 0 Å². The molecular formula is C25H36N8O2S. The third-order valence-corrected chi connectivity index (χ3v) is 7.46. The van der Waals surface area contributed by atoms with Crippen LogP contribution in [0.25, 0.3) is 0 Å². The quantitative estimate of drug-likeness (QED) is 0.418. The van der Waals surface area contributed by atoms with Crippen molar-refractivity contribution in [1.82, 2.24) is 25.1 Å². The topological polar surface area (TPSA) is 89.1 Å². The van der Waals surface area contributed by atoms with E-state index >= 15 is 0 Å². The van der Waals surface area contributed by atoms with Crippen molar-refractivity contribution in [3.63, 3.8) is 0 Å². The molecule has 2 N–H and O–H groups in total. The van der Waals surface area contributed by atoms with Gasteiger partial charge < -0.3 is 30.1 Å². The van der Waals surface area contributed by atoms with Crippen LogP contribution >= 0.6 is 11.8 Å². The number of hydrogen-bond acceptors (Lipinski definition) is 10. The zero-order valence-electron chi connectivity index (χ0n) is 21.0. The monoisotopic (exact) mass is 512 g/mol. The number of thioether (sulfide) groups is 1. The number of anilines is 4. The Hall–Kier alpha value is -2.60. The number of piperazine rings is 2. The second-order valence-corrected chi connectivity index (χ2v) is 10.0. The summed E-state index contributed by atoms with van der Waals surface area (Å²) in [5, 5.41) is 7.51. The van der Waals surface area contributed by atoms with E-state index < -0.39 is 0 Å². The van der Waals surface area contributed by atoms with Crippen molar-refractivity contribution in [2.45, 2.75) is 5.16 Å². The molecule has 0 unspecified atom stereocenters. The molecular weight excluding hydrogens is 476 g/mol. The maximum atomic E-state index is 12.6. The lowest BCUT2D eigenvalue weighted by atomic mass is 10.2. The smallest absolute Gasteiger partial charge is 0.236 e. The van der Waals surface area contributed by atoms with E-state index in [1.54, 1.807) is 11.8 Å². The summed E-state index contributed by atoms with van der Waals surface area (Å²) in [5.41, 5.74) is 2.21. The molecule has 3 aliphatic rings. The highest BCUT2D eigenvalue weighted by atomic mass is 32.2. The average molecular weight is 513 g/mol. The Morgan fingerprint density at radius 3 is 2.39 bits per heavy atom. The van der Waals surface area contributed by atoms with E-state index in [0.717, 1.165) is 101 Å². The van der Waals surface area contributed by atoms with Crippen LogP contribution in [0.5, 0.6) is 0 Å². The van der Waals surface area contributed by atoms with Crippen LogP contribution in [-0.4, -0.2) is 117 Å². The van der Waals surface area contributed by atoms with E-state index in [-0.39, 0.29) is 5.91 Å². The van der Waals surface area contributed by atoms with Gasteiger partial charge >= 0.3 is 0 Å². The number of nitrogens with one attached hydrogen (secondary N) is 2. The first kappa shape index (κ1) is 25.1. The number of rotatable bonds is 7. The number of nitrogens with zero attached hydrogens (tertiary/aromatic N) is 6. The normalized spacial score (nSPS) is 19.4. The van der Waals surface area contributed by atoms with E-state index in [1.165, 1.54) is 5.69 Å². The largest absolute Gasteiger partial charge is 0.378 e. The van der Waals surface area contributed by atoms with Crippen LogP contribution in [0.15, 0.2) is 35.5 Å². The summed E-state index contributed by atoms with van der Waals surface area (Å²) in [7, 11) is 0. The maximum absolute atomic E-state index is 12.6. The number of morpholine rings is 1. The molecule has 3 aliphatic heterocycles. The molecule has 1 amide bonds. The zero-order valence-corrected chi connectivity index (χ0v) is 21.8. The standard InChI is InChI=1S/C25H36N8O2S/c1-36-25-28-22(27-20-2-4-21(5-3-20)31-14-16-35-17-15-31)18-23(29-25)32-12-10-30(11-13-32)19-24(34)33-8-6-26-7-9-33/h2-5,18,26H,6-17,19H2,1H3,(H,27,28,29). The summed E-state index contributed by atoms with van der Waals surface area (Å²) in [4.78, 5) is 31.0. The lowest BCUT2D eigenvalue weighted by Gasteiger charge is -2.36. The van der Waals surface area contributed by atoms with Gasteiger partial charge in [0.05, 0.1) is 19.8 Å². The lowest BCUT2D eigenvalue weighted by Crippen LogP contribution is -2.53. The van der Waals surface area contributed by atoms with Crippen molar-refractivity contribution in [3.8, 4) is 0 Å². The third kappa shape index (κ3) is 6.39. The molecule has 3 saturated heterocycles. The minimum Gasteiger partial charge on any atom is -0.378 e. The molecule has 0 atom stereocenters. The number of aromatic nitrogens is 2. The predicted octanol–water partition coefficient (Wildman–Crippen LogP) is 1.33. The molecule has 11 heteroatoms. The van der Waals surface area contributed by atoms with E-state index in [0.29, 0.717) is 6.54 Å². The van der Waals surface area contributed by atoms with Crippen molar-refractivity contribution >= 4 is 40.7 Å². The molecule has 0 bridgehead atoms. The molecule has 0 saturated carbocycles. The summed E-state index contributed by atoms with van der Waals surface area (Å²) in [6, 6.07) is 10.5. The molecule has 3 fully saturated rings. The highest BCUT2D eigenvalue weighted by Crippen LogP contribution is 2.25. The Morgan fingerprint density at radius 1 is 0.972 bits per heavy atom. The van der Waals surface area contributed by atoms with E-state index in [4.69, 9.17) is 9.72 Å². The van der Waals surface area contributed by atoms with E-state index in [9.17, 15) is 4.79 Å². The van der Waals surface area contributed by atoms with E-state index in [2.05, 4.69) is 54.6 Å². The van der Waals surface area contributed by atoms with Crippen LogP contribution in [0.1, 0.15) is 0 Å². The highest BCUT2D eigenvalue weighted by Gasteiger charge is 2.24. The molecule has 10 nitrogen and oxygen atoms in total. The molecule has 1 aromatic carbocycles. The fraction of sp³-hybridized carbons (Fsp3) is 0.560. The molecule has 5 rings (SSSR count). The number of carbonyl (C=O) groups excluding carboxylic acids is 1. The first-order valence-corrected chi connectivity index (χ1v) is 14.0. The molecule has 0 radical (unpaired) electrons. The maximum Gasteiger partial charge on any atom is 0.236 e. The van der Waals surface area contributed by atoms with Crippen molar-refractivity contribution in [1.29, 1.82) is 0 Å². The van der Waals surface area contributed by atoms with E-state index in [1.807, 2.05) is 17.2 Å². The highest BCUT2D eigenvalue weighted by molar-refractivity contribution is 7.98. The molecule has 4 heterocycles. The molecule has 36 heavy (non-hydrogen) atoms. The van der Waals surface area contributed by atoms with Crippen LogP contribution in [0.4, 0.5) is 23.0 Å². The van der Waals surface area contributed by atoms with Crippen LogP contribution < -0.4 is 20.4 Å². The Balaban J connectivity index is 1.19. The lowest BCUT2D eigenvalue weighted by molar-refractivity contribution is -0.133. The summed E-state index contributed by atoms with van der Waals surface area (Å²) >= 11 is 1.54. The first-order chi connectivity index (χ1) is 17.7. The van der Waals surface area contributed by atoms with Gasteiger partial charge in [-0.1, -0.05) is 11.8 Å². The number of carbonyl (C=O) groups is 1. The Labute approximate surface area is 217 Å². The molecule has 2 aromatic rings. The van der Waals surface area contributed by atoms with Gasteiger partial charge in [0.1, 0.15) is 11.6 Å². The fourth-order valence-electron chi connectivity index (χ4n) is 4.80. The Morgan fingerprint density at radius 2 is 1.69 bits per heavy atom. The summed E-state index contributed by atoms with van der Waals surface area (Å²) < 4.78 is 5.46. The van der Waals surface area contributed by atoms with Gasteiger partial charge in [-0.2, -0.15) is 0 Å². The average Bonchev–Trinajstić information content (AvgIpc) is 2.94. The van der Waals surface area contributed by atoms with Gasteiger partial charge in [-0.25, -0.2) is 9.97 Å². The number of hydrogen-bond donors (Lipinski definition) is 2. The minimum absolute atomic E-state index is 0.239. The number of ether oxygens (including phenoxy) is 1. The van der Waals surface area contributed by atoms with Crippen LogP contribution in [0.2, 0.25) is 0 Å². The SMILES string of the molecule is CSc1nc(Nc2ccc(N3CCOCC3)cc2)cc(N2CCN(CC(=O)N3CCNCC3)CC2)n1. The van der Waals surface area contributed by atoms with Gasteiger partial charge in [-0.05, 0) is 30.5 Å². The minimum atomic E-state index is 0.239. The Bertz CT molecular complexity index is 1000. The molecule has 194 valence electrons. The van der Waals surface area contributed by atoms with Crippen molar-refractivity contribution < 1.29 is 9.53 Å². The number of amides is 1. The third-order valence-electron chi connectivity index (χ3n) is 6.92. The second kappa shape index (κ2) is 12.1. The number of benzene rings is 1. The second-order valence-electron chi connectivity index (χ2n) is 9.26. The van der Waals surface area contributed by atoms with Gasteiger partial charge in [0, 0.05) is 82.9 Å². The summed E-state index contributed by atoms with van der Waals surface area (Å²) in [6.07, 6.45) is 2.00. The summed E-state index contributed by atoms with van der Waals surface area (Å²) in [5.74, 6) is 1.96. The summed E-state index contributed by atoms with van der Waals surface area (Å²) in [6.45, 7) is 10.7. The van der Waals surface area contributed by atoms with Crippen molar-refractivity contribution in [3.05, 3.63) is 30.3 Å². The van der Waals surface area contributed by atoms with Gasteiger partial charge in [-0.3, -0.25) is 9.69 Å². The molecule has 1 aromatic heterocycles. The first-order valence-electron chi connectivity index (χ1n) is 12.8. The van der Waals surface area contributed by atoms with Gasteiger partial charge in [0.25, 0.3) is 0 Å². The van der Waals surface area contributed by atoms with Gasteiger partial charge in [0.2, 0.25) is 5.91 Å². The van der Waals surface area contributed by atoms with Gasteiger partial charge in [0.15, 0.2) is 5.16 Å². The molecule has 0 spiro atoms. The molecule has 0 aliphatic carbocycles. The van der Waals surface area contributed by atoms with Crippen LogP contribution in [0.3, 0.4) is 0 Å². The zero-order chi connectivity index (χ0) is 24.7. The van der Waals surface area contributed by atoms with Crippen molar-refractivity contribution in [2.24, 2.45) is 0 Å². The Kier molecular flexibility index (Phi) is 8.42. The van der Waals surface area contributed by atoms with Crippen molar-refractivity contribution in [2.75, 3.05) is 107 Å².